The van der Waals surface area contributed by atoms with Crippen LogP contribution in [0.1, 0.15) is 0 Å². The standard InChI is InChI=1S/2Mg.25H2O.4H/h;;25*1H2;;;;. The lowest BCUT2D eigenvalue weighted by Gasteiger charge is -0.413. The molecule has 0 aliphatic carbocycles. The minimum Gasteiger partial charge on any atom is -0.412 e. The van der Waals surface area contributed by atoms with Crippen molar-refractivity contribution in [1.29, 1.82) is 0 Å². The van der Waals surface area contributed by atoms with Gasteiger partial charge in [-0.15, -0.1) is 0 Å². The average molecular weight is 503 g/mol. The van der Waals surface area contributed by atoms with Gasteiger partial charge in [-0.1, -0.05) is 0 Å². The summed E-state index contributed by atoms with van der Waals surface area (Å²) in [5.74, 6) is 0. The first kappa shape index (κ1) is 68400. The highest BCUT2D eigenvalue weighted by Crippen LogP contribution is -0.265. The quantitative estimate of drug-likeness (QED) is 0.278. The molecule has 0 fully saturated rings. The zero-order chi connectivity index (χ0) is 0. The highest BCUT2D eigenvalue weighted by atomic mass is 24.3. The van der Waals surface area contributed by atoms with E-state index >= 15 is 0 Å². The van der Waals surface area contributed by atoms with Gasteiger partial charge in [0.05, 0.1) is 0 Å². The summed E-state index contributed by atoms with van der Waals surface area (Å²) in [5, 5.41) is 0. The molecule has 0 aromatic rings. The van der Waals surface area contributed by atoms with Crippen molar-refractivity contribution in [3.63, 3.8) is 0 Å². The Morgan fingerprint density at radius 1 is 0.0741 bits per heavy atom. The summed E-state index contributed by atoms with van der Waals surface area (Å²) < 4.78 is 0. The van der Waals surface area contributed by atoms with E-state index in [0.29, 0.717) is 0 Å². The third-order valence-corrected chi connectivity index (χ3v) is 0. The molecule has 0 aliphatic heterocycles. The summed E-state index contributed by atoms with van der Waals surface area (Å²) >= 11 is 0. The van der Waals surface area contributed by atoms with E-state index in [4.69, 9.17) is 0 Å². The van der Waals surface area contributed by atoms with Gasteiger partial charge in [-0.25, -0.2) is 0 Å². The molecule has 0 bridgehead atoms. The first-order valence-electron chi connectivity index (χ1n) is 0. The summed E-state index contributed by atoms with van der Waals surface area (Å²) in [6.07, 6.45) is 0. The van der Waals surface area contributed by atoms with E-state index in [-0.39, 0.29) is 183 Å². The van der Waals surface area contributed by atoms with Crippen LogP contribution in [0.25, 0.3) is 0 Å². The molecule has 0 saturated heterocycles. The lowest BCUT2D eigenvalue weighted by atomic mass is 16.0. The summed E-state index contributed by atoms with van der Waals surface area (Å²) in [6.45, 7) is 0. The molecule has 50 N–H and O–H groups in total. The molecule has 0 aromatic carbocycles. The van der Waals surface area contributed by atoms with Crippen LogP contribution in [-0.2, 0) is 0 Å². The topological polar surface area (TPSA) is 788 Å². The van der Waals surface area contributed by atoms with E-state index in [9.17, 15) is 0 Å². The summed E-state index contributed by atoms with van der Waals surface area (Å²) in [7, 11) is 0. The molecular formula is H54Mg2O25. The third-order valence-electron chi connectivity index (χ3n) is 0. The molecule has 0 amide bonds. The Balaban J connectivity index is 0. The SMILES string of the molecule is O.O.O.O.O.O.O.O.O.O.O.O.O.O.O.O.O.O.O.O.O.O.O.O.O.[MgH2].[MgH2]. The highest BCUT2D eigenvalue weighted by molar-refractivity contribution is 5.76. The molecule has 0 aliphatic rings. The molecule has 27 heavy (non-hydrogen) atoms. The van der Waals surface area contributed by atoms with Crippen LogP contribution in [0.15, 0.2) is 0 Å². The van der Waals surface area contributed by atoms with Crippen LogP contribution in [0, 0.1) is 0 Å². The van der Waals surface area contributed by atoms with Crippen LogP contribution in [0.2, 0.25) is 0 Å². The maximum absolute atomic E-state index is 0. The zero-order valence-corrected chi connectivity index (χ0v) is 12.5. The second kappa shape index (κ2) is 61000. The second-order valence-electron chi connectivity index (χ2n) is 0. The van der Waals surface area contributed by atoms with Gasteiger partial charge >= 0.3 is 46.1 Å². The molecule has 0 rings (SSSR count). The van der Waals surface area contributed by atoms with E-state index in [1.54, 1.807) is 0 Å². The molecular weight excluding hydrogens is 449 g/mol. The van der Waals surface area contributed by atoms with Gasteiger partial charge in [0.15, 0.2) is 0 Å². The normalized spacial score (nSPS) is 0. The van der Waals surface area contributed by atoms with Crippen LogP contribution in [0.4, 0.5) is 0 Å². The monoisotopic (exact) mass is 502 g/mol. The van der Waals surface area contributed by atoms with Crippen molar-refractivity contribution in [2.75, 3.05) is 0 Å². The van der Waals surface area contributed by atoms with Crippen LogP contribution < -0.4 is 0 Å². The first-order chi connectivity index (χ1) is 0. The van der Waals surface area contributed by atoms with Gasteiger partial charge < -0.3 is 137 Å². The van der Waals surface area contributed by atoms with Crippen LogP contribution in [0.3, 0.4) is 0 Å². The molecule has 0 unspecified atom stereocenters. The number of hydrogen-bond acceptors (Lipinski definition) is 0. The maximum Gasteiger partial charge on any atom is 0.316 e. The predicted octanol–water partition coefficient (Wildman–Crippen LogP) is -22.4. The molecule has 0 spiro atoms. The number of rotatable bonds is 0. The van der Waals surface area contributed by atoms with Crippen molar-refractivity contribution in [1.82, 2.24) is 0 Å². The smallest absolute Gasteiger partial charge is 0.316 e. The van der Waals surface area contributed by atoms with Crippen LogP contribution in [0.5, 0.6) is 0 Å². The van der Waals surface area contributed by atoms with Crippen LogP contribution >= 0.6 is 0 Å². The molecule has 0 atom stereocenters. The Kier molecular flexibility index (Phi) is 154000000. The predicted molar refractivity (Wildman–Crippen MR) is 107 cm³/mol. The van der Waals surface area contributed by atoms with Crippen molar-refractivity contribution in [2.45, 2.75) is 0 Å². The van der Waals surface area contributed by atoms with Crippen molar-refractivity contribution in [3.05, 3.63) is 0 Å². The molecule has 0 radical (unpaired) electrons. The van der Waals surface area contributed by atoms with E-state index in [0.717, 1.165) is 0 Å². The Morgan fingerprint density at radius 3 is 0.0741 bits per heavy atom. The van der Waals surface area contributed by atoms with Gasteiger partial charge in [0.1, 0.15) is 0 Å². The maximum atomic E-state index is 0. The van der Waals surface area contributed by atoms with Crippen molar-refractivity contribution >= 4 is 46.1 Å². The minimum absolute atomic E-state index is 0. The summed E-state index contributed by atoms with van der Waals surface area (Å²) in [5.41, 5.74) is 0. The molecule has 0 aromatic heterocycles. The lowest BCUT2D eigenvalue weighted by molar-refractivity contribution is 0.823. The van der Waals surface area contributed by atoms with Gasteiger partial charge in [-0.05, 0) is 0 Å². The molecule has 0 saturated carbocycles. The highest BCUT2D eigenvalue weighted by Gasteiger charge is 0.317. The van der Waals surface area contributed by atoms with Crippen molar-refractivity contribution in [3.8, 4) is 0 Å². The van der Waals surface area contributed by atoms with E-state index < -0.39 is 0 Å². The second-order valence-corrected chi connectivity index (χ2v) is 0. The van der Waals surface area contributed by atoms with Crippen molar-refractivity contribution in [2.24, 2.45) is 0 Å². The Labute approximate surface area is 183 Å². The van der Waals surface area contributed by atoms with E-state index in [2.05, 4.69) is 0 Å². The molecule has 0 heterocycles. The molecule has 208 valence electrons. The lowest BCUT2D eigenvalue weighted by Crippen LogP contribution is -0.382. The van der Waals surface area contributed by atoms with Gasteiger partial charge in [0, 0.05) is 0 Å². The number of hydrogen-bond donors (Lipinski definition) is 0. The fourth-order valence-electron chi connectivity index (χ4n) is 0. The summed E-state index contributed by atoms with van der Waals surface area (Å²) in [6, 6.07) is 0. The Hall–Kier alpha value is 0.532. The van der Waals surface area contributed by atoms with Gasteiger partial charge in [-0.3, -0.25) is 0 Å². The van der Waals surface area contributed by atoms with Gasteiger partial charge in [0.25, 0.3) is 0 Å². The summed E-state index contributed by atoms with van der Waals surface area (Å²) in [4.78, 5) is 0. The Bertz CT molecular complexity index is 10.3. The molecule has 25 nitrogen and oxygen atoms in total. The largest absolute Gasteiger partial charge is 0.412 e. The fourth-order valence-corrected chi connectivity index (χ4v) is 0. The first-order valence-corrected chi connectivity index (χ1v) is 0. The fraction of sp³-hybridized carbons (Fsp3) is 0. The van der Waals surface area contributed by atoms with E-state index in [1.165, 1.54) is 0 Å². The van der Waals surface area contributed by atoms with Gasteiger partial charge in [0.2, 0.25) is 0 Å². The Morgan fingerprint density at radius 2 is 0.0741 bits per heavy atom. The minimum atomic E-state index is 0. The van der Waals surface area contributed by atoms with Crippen molar-refractivity contribution < 1.29 is 137 Å². The molecule has 27 heteroatoms. The van der Waals surface area contributed by atoms with Gasteiger partial charge in [-0.2, -0.15) is 0 Å². The zero-order valence-electron chi connectivity index (χ0n) is 12.5. The van der Waals surface area contributed by atoms with Crippen LogP contribution in [-0.4, -0.2) is 183 Å². The van der Waals surface area contributed by atoms with E-state index in [1.807, 2.05) is 0 Å². The average Bonchev–Trinajstić information content (AvgIpc) is 0. The third kappa shape index (κ3) is 56300.